The van der Waals surface area contributed by atoms with E-state index in [0.29, 0.717) is 23.9 Å². The van der Waals surface area contributed by atoms with Gasteiger partial charge >= 0.3 is 0 Å². The van der Waals surface area contributed by atoms with Gasteiger partial charge in [0, 0.05) is 22.9 Å². The van der Waals surface area contributed by atoms with Gasteiger partial charge in [-0.25, -0.2) is 4.98 Å². The molecule has 0 fully saturated rings. The molecule has 0 aliphatic heterocycles. The number of hydrogen-bond acceptors (Lipinski definition) is 4. The standard InChI is InChI=1S/C17H22N2O3S/c1-4-9-18-16(20)11-23(21)10-15-13(3)22-17(19-15)14-8-6-5-7-12(14)2/h5-8H,4,9-11H2,1-3H3,(H,18,20)/t23-/m0/s1. The molecule has 1 N–H and O–H groups in total. The first-order valence-electron chi connectivity index (χ1n) is 7.65. The SMILES string of the molecule is CCCNC(=O)C[S@@](=O)Cc1nc(-c2ccccc2C)oc1C. The lowest BCUT2D eigenvalue weighted by Crippen LogP contribution is -2.29. The average Bonchev–Trinajstić information content (AvgIpc) is 2.86. The quantitative estimate of drug-likeness (QED) is 0.845. The molecule has 23 heavy (non-hydrogen) atoms. The van der Waals surface area contributed by atoms with Crippen LogP contribution in [0.1, 0.15) is 30.4 Å². The van der Waals surface area contributed by atoms with E-state index in [2.05, 4.69) is 10.3 Å². The van der Waals surface area contributed by atoms with Crippen LogP contribution in [0.2, 0.25) is 0 Å². The first-order chi connectivity index (χ1) is 11.0. The fourth-order valence-corrected chi connectivity index (χ4v) is 3.22. The van der Waals surface area contributed by atoms with E-state index < -0.39 is 10.8 Å². The normalized spacial score (nSPS) is 12.1. The molecule has 0 radical (unpaired) electrons. The molecule has 1 aromatic carbocycles. The Morgan fingerprint density at radius 1 is 1.30 bits per heavy atom. The summed E-state index contributed by atoms with van der Waals surface area (Å²) in [5, 5.41) is 2.73. The highest BCUT2D eigenvalue weighted by Crippen LogP contribution is 2.25. The third-order valence-electron chi connectivity index (χ3n) is 3.43. The molecule has 1 amide bonds. The topological polar surface area (TPSA) is 72.2 Å². The van der Waals surface area contributed by atoms with Crippen LogP contribution in [0.5, 0.6) is 0 Å². The number of hydrogen-bond donors (Lipinski definition) is 1. The van der Waals surface area contributed by atoms with Crippen molar-refractivity contribution in [1.82, 2.24) is 10.3 Å². The molecule has 0 unspecified atom stereocenters. The Labute approximate surface area is 139 Å². The lowest BCUT2D eigenvalue weighted by atomic mass is 10.1. The maximum atomic E-state index is 12.1. The average molecular weight is 334 g/mol. The second kappa shape index (κ2) is 8.06. The van der Waals surface area contributed by atoms with Gasteiger partial charge in [0.2, 0.25) is 11.8 Å². The van der Waals surface area contributed by atoms with Gasteiger partial charge in [0.05, 0.1) is 11.4 Å². The van der Waals surface area contributed by atoms with Crippen molar-refractivity contribution in [2.75, 3.05) is 12.3 Å². The van der Waals surface area contributed by atoms with Crippen molar-refractivity contribution in [1.29, 1.82) is 0 Å². The molecule has 0 saturated carbocycles. The fourth-order valence-electron chi connectivity index (χ4n) is 2.16. The van der Waals surface area contributed by atoms with Gasteiger partial charge in [-0.1, -0.05) is 25.1 Å². The number of oxazole rings is 1. The van der Waals surface area contributed by atoms with Crippen LogP contribution in [0.4, 0.5) is 0 Å². The highest BCUT2D eigenvalue weighted by atomic mass is 32.2. The van der Waals surface area contributed by atoms with E-state index in [-0.39, 0.29) is 17.4 Å². The van der Waals surface area contributed by atoms with Crippen LogP contribution < -0.4 is 5.32 Å². The molecular formula is C17H22N2O3S. The Morgan fingerprint density at radius 3 is 2.74 bits per heavy atom. The Hall–Kier alpha value is -1.95. The van der Waals surface area contributed by atoms with E-state index in [0.717, 1.165) is 17.5 Å². The summed E-state index contributed by atoms with van der Waals surface area (Å²) in [6, 6.07) is 7.82. The smallest absolute Gasteiger partial charge is 0.232 e. The summed E-state index contributed by atoms with van der Waals surface area (Å²) < 4.78 is 17.8. The molecule has 5 nitrogen and oxygen atoms in total. The Balaban J connectivity index is 2.06. The first kappa shape index (κ1) is 17.4. The summed E-state index contributed by atoms with van der Waals surface area (Å²) >= 11 is 0. The Morgan fingerprint density at radius 2 is 2.04 bits per heavy atom. The van der Waals surface area contributed by atoms with Crippen molar-refractivity contribution in [3.05, 3.63) is 41.3 Å². The van der Waals surface area contributed by atoms with Gasteiger partial charge in [-0.2, -0.15) is 0 Å². The monoisotopic (exact) mass is 334 g/mol. The summed E-state index contributed by atoms with van der Waals surface area (Å²) in [7, 11) is -1.30. The molecule has 0 saturated heterocycles. The van der Waals surface area contributed by atoms with Crippen LogP contribution in [0.25, 0.3) is 11.5 Å². The number of aryl methyl sites for hydroxylation is 2. The number of nitrogens with zero attached hydrogens (tertiary/aromatic N) is 1. The van der Waals surface area contributed by atoms with Crippen molar-refractivity contribution in [3.8, 4) is 11.5 Å². The molecule has 6 heteroatoms. The molecule has 0 aliphatic carbocycles. The number of aromatic nitrogens is 1. The molecule has 0 spiro atoms. The van der Waals surface area contributed by atoms with E-state index >= 15 is 0 Å². The molecule has 1 heterocycles. The summed E-state index contributed by atoms with van der Waals surface area (Å²) in [6.45, 7) is 6.38. The molecule has 0 aliphatic rings. The van der Waals surface area contributed by atoms with Gasteiger partial charge in [0.1, 0.15) is 11.5 Å². The van der Waals surface area contributed by atoms with Crippen molar-refractivity contribution in [3.63, 3.8) is 0 Å². The van der Waals surface area contributed by atoms with Gasteiger partial charge in [0.15, 0.2) is 0 Å². The largest absolute Gasteiger partial charge is 0.441 e. The van der Waals surface area contributed by atoms with Crippen molar-refractivity contribution < 1.29 is 13.4 Å². The van der Waals surface area contributed by atoms with E-state index in [1.807, 2.05) is 38.1 Å². The fraction of sp³-hybridized carbons (Fsp3) is 0.412. The summed E-state index contributed by atoms with van der Waals surface area (Å²) in [5.74, 6) is 1.20. The van der Waals surface area contributed by atoms with E-state index in [9.17, 15) is 9.00 Å². The highest BCUT2D eigenvalue weighted by Gasteiger charge is 2.16. The maximum absolute atomic E-state index is 12.1. The van der Waals surface area contributed by atoms with Crippen molar-refractivity contribution in [2.24, 2.45) is 0 Å². The van der Waals surface area contributed by atoms with Crippen LogP contribution in [0, 0.1) is 13.8 Å². The van der Waals surface area contributed by atoms with Crippen LogP contribution >= 0.6 is 0 Å². The van der Waals surface area contributed by atoms with E-state index in [1.54, 1.807) is 6.92 Å². The zero-order chi connectivity index (χ0) is 16.8. The summed E-state index contributed by atoms with van der Waals surface area (Å²) in [5.41, 5.74) is 2.64. The molecule has 2 aromatic rings. The zero-order valence-electron chi connectivity index (χ0n) is 13.7. The molecule has 1 aromatic heterocycles. The van der Waals surface area contributed by atoms with E-state index in [4.69, 9.17) is 4.42 Å². The van der Waals surface area contributed by atoms with Crippen LogP contribution in [-0.2, 0) is 21.3 Å². The second-order valence-electron chi connectivity index (χ2n) is 5.42. The number of benzene rings is 1. The van der Waals surface area contributed by atoms with Gasteiger partial charge < -0.3 is 9.73 Å². The maximum Gasteiger partial charge on any atom is 0.232 e. The predicted molar refractivity (Wildman–Crippen MR) is 91.4 cm³/mol. The van der Waals surface area contributed by atoms with Gasteiger partial charge in [-0.05, 0) is 31.9 Å². The molecule has 2 rings (SSSR count). The third-order valence-corrected chi connectivity index (χ3v) is 4.61. The van der Waals surface area contributed by atoms with Crippen molar-refractivity contribution >= 4 is 16.7 Å². The minimum absolute atomic E-state index is 0.00794. The number of carbonyl (C=O) groups is 1. The number of rotatable bonds is 7. The minimum Gasteiger partial charge on any atom is -0.441 e. The number of carbonyl (C=O) groups excluding carboxylic acids is 1. The van der Waals surface area contributed by atoms with Crippen LogP contribution in [-0.4, -0.2) is 27.4 Å². The molecule has 124 valence electrons. The van der Waals surface area contributed by atoms with Gasteiger partial charge in [-0.15, -0.1) is 0 Å². The lowest BCUT2D eigenvalue weighted by Gasteiger charge is -2.02. The molecule has 0 bridgehead atoms. The van der Waals surface area contributed by atoms with Crippen LogP contribution in [0.15, 0.2) is 28.7 Å². The second-order valence-corrected chi connectivity index (χ2v) is 6.87. The Bertz CT molecular complexity index is 710. The predicted octanol–water partition coefficient (Wildman–Crippen LogP) is 2.73. The Kier molecular flexibility index (Phi) is 6.10. The first-order valence-corrected chi connectivity index (χ1v) is 9.14. The summed E-state index contributed by atoms with van der Waals surface area (Å²) in [6.07, 6.45) is 0.862. The zero-order valence-corrected chi connectivity index (χ0v) is 14.5. The summed E-state index contributed by atoms with van der Waals surface area (Å²) in [4.78, 5) is 16.1. The molecule has 1 atom stereocenters. The highest BCUT2D eigenvalue weighted by molar-refractivity contribution is 7.84. The van der Waals surface area contributed by atoms with Crippen molar-refractivity contribution in [2.45, 2.75) is 32.9 Å². The lowest BCUT2D eigenvalue weighted by molar-refractivity contribution is -0.118. The number of nitrogens with one attached hydrogen (secondary N) is 1. The minimum atomic E-state index is -1.30. The number of amides is 1. The van der Waals surface area contributed by atoms with E-state index in [1.165, 1.54) is 0 Å². The van der Waals surface area contributed by atoms with Gasteiger partial charge in [-0.3, -0.25) is 9.00 Å². The van der Waals surface area contributed by atoms with Crippen LogP contribution in [0.3, 0.4) is 0 Å². The third kappa shape index (κ3) is 4.76. The molecular weight excluding hydrogens is 312 g/mol. The van der Waals surface area contributed by atoms with Gasteiger partial charge in [0.25, 0.3) is 0 Å².